The number of nitrogens with zero attached hydrogens (tertiary/aromatic N) is 2. The van der Waals surface area contributed by atoms with E-state index in [4.69, 9.17) is 15.9 Å². The van der Waals surface area contributed by atoms with Gasteiger partial charge in [-0.15, -0.1) is 0 Å². The van der Waals surface area contributed by atoms with E-state index in [1.807, 2.05) is 6.07 Å². The summed E-state index contributed by atoms with van der Waals surface area (Å²) in [6.45, 7) is 2.13. The van der Waals surface area contributed by atoms with Crippen LogP contribution in [0.25, 0.3) is 0 Å². The minimum Gasteiger partial charge on any atom is -0.198 e. The lowest BCUT2D eigenvalue weighted by molar-refractivity contribution is 0.446. The van der Waals surface area contributed by atoms with Crippen LogP contribution >= 0.6 is 10.7 Å². The van der Waals surface area contributed by atoms with Gasteiger partial charge in [0, 0.05) is 30.2 Å². The Kier molecular flexibility index (Phi) is 4.42. The molecule has 0 radical (unpaired) electrons. The zero-order valence-electron chi connectivity index (χ0n) is 6.12. The fourth-order valence-corrected chi connectivity index (χ4v) is 1.71. The lowest BCUT2D eigenvalue weighted by Gasteiger charge is -2.12. The second-order valence-electron chi connectivity index (χ2n) is 1.84. The van der Waals surface area contributed by atoms with Crippen LogP contribution in [0, 0.1) is 11.3 Å². The third kappa shape index (κ3) is 4.19. The van der Waals surface area contributed by atoms with E-state index < -0.39 is 9.24 Å². The molecule has 0 saturated carbocycles. The summed E-state index contributed by atoms with van der Waals surface area (Å²) >= 11 is 0. The molecule has 0 spiro atoms. The first-order valence-electron chi connectivity index (χ1n) is 3.09. The topological polar surface area (TPSA) is 61.2 Å². The minimum atomic E-state index is -3.63. The molecule has 0 aromatic carbocycles. The molecule has 0 aliphatic heterocycles. The number of halogens is 1. The van der Waals surface area contributed by atoms with Gasteiger partial charge in [-0.1, -0.05) is 6.92 Å². The molecule has 64 valence electrons. The molecule has 0 amide bonds. The van der Waals surface area contributed by atoms with Gasteiger partial charge in [0.15, 0.2) is 0 Å². The molecule has 0 aliphatic carbocycles. The Bertz CT molecular complexity index is 244. The lowest BCUT2D eigenvalue weighted by Crippen LogP contribution is -2.27. The number of hydrogen-bond donors (Lipinski definition) is 0. The lowest BCUT2D eigenvalue weighted by atomic mass is 10.5. The molecule has 0 aromatic heterocycles. The van der Waals surface area contributed by atoms with Crippen molar-refractivity contribution in [2.45, 2.75) is 13.3 Å². The molecular weight excluding hydrogens is 188 g/mol. The van der Waals surface area contributed by atoms with Crippen LogP contribution in [0.5, 0.6) is 0 Å². The predicted molar refractivity (Wildman–Crippen MR) is 42.2 cm³/mol. The van der Waals surface area contributed by atoms with E-state index in [1.54, 1.807) is 6.92 Å². The normalized spacial score (nSPS) is 11.5. The van der Waals surface area contributed by atoms with E-state index in [1.165, 1.54) is 0 Å². The van der Waals surface area contributed by atoms with Gasteiger partial charge in [0.1, 0.15) is 0 Å². The van der Waals surface area contributed by atoms with Crippen molar-refractivity contribution in [3.63, 3.8) is 0 Å². The van der Waals surface area contributed by atoms with Gasteiger partial charge in [0.25, 0.3) is 9.24 Å². The fourth-order valence-electron chi connectivity index (χ4n) is 0.596. The van der Waals surface area contributed by atoms with E-state index in [0.717, 1.165) is 4.31 Å². The monoisotopic (exact) mass is 196 g/mol. The molecule has 0 bridgehead atoms. The molecule has 0 unspecified atom stereocenters. The molecule has 0 saturated heterocycles. The van der Waals surface area contributed by atoms with Crippen molar-refractivity contribution in [3.8, 4) is 6.07 Å². The summed E-state index contributed by atoms with van der Waals surface area (Å²) in [6.07, 6.45) is 0.166. The second kappa shape index (κ2) is 4.54. The van der Waals surface area contributed by atoms with Crippen molar-refractivity contribution in [1.29, 1.82) is 5.26 Å². The smallest absolute Gasteiger partial charge is 0.198 e. The molecule has 0 aromatic rings. The van der Waals surface area contributed by atoms with E-state index in [2.05, 4.69) is 0 Å². The van der Waals surface area contributed by atoms with Crippen molar-refractivity contribution >= 4 is 19.9 Å². The van der Waals surface area contributed by atoms with Gasteiger partial charge in [-0.2, -0.15) is 18.0 Å². The number of nitriles is 1. The first kappa shape index (κ1) is 10.7. The average Bonchev–Trinajstić information content (AvgIpc) is 1.87. The van der Waals surface area contributed by atoms with Crippen LogP contribution in [-0.4, -0.2) is 25.8 Å². The van der Waals surface area contributed by atoms with E-state index in [0.29, 0.717) is 6.54 Å². The van der Waals surface area contributed by atoms with Crippen LogP contribution in [0.1, 0.15) is 13.3 Å². The van der Waals surface area contributed by atoms with Gasteiger partial charge in [0.2, 0.25) is 0 Å². The SMILES string of the molecule is CCN(CCC#N)S(=O)(=O)Cl. The van der Waals surface area contributed by atoms with Gasteiger partial charge < -0.3 is 0 Å². The van der Waals surface area contributed by atoms with E-state index in [-0.39, 0.29) is 13.0 Å². The largest absolute Gasteiger partial charge is 0.299 e. The molecule has 0 atom stereocenters. The molecule has 0 fully saturated rings. The molecule has 6 heteroatoms. The van der Waals surface area contributed by atoms with Crippen LogP contribution in [0.3, 0.4) is 0 Å². The van der Waals surface area contributed by atoms with E-state index in [9.17, 15) is 8.42 Å². The van der Waals surface area contributed by atoms with Gasteiger partial charge in [-0.3, -0.25) is 0 Å². The van der Waals surface area contributed by atoms with Crippen LogP contribution in [-0.2, 0) is 9.24 Å². The molecular formula is C5H9ClN2O2S. The highest BCUT2D eigenvalue weighted by Crippen LogP contribution is 2.05. The summed E-state index contributed by atoms with van der Waals surface area (Å²) in [5.74, 6) is 0. The van der Waals surface area contributed by atoms with Crippen molar-refractivity contribution in [2.24, 2.45) is 0 Å². The zero-order valence-corrected chi connectivity index (χ0v) is 7.69. The third-order valence-corrected chi connectivity index (χ3v) is 2.78. The van der Waals surface area contributed by atoms with Crippen LogP contribution in [0.15, 0.2) is 0 Å². The maximum atomic E-state index is 10.7. The minimum absolute atomic E-state index is 0.166. The highest BCUT2D eigenvalue weighted by atomic mass is 35.7. The Morgan fingerprint density at radius 2 is 2.18 bits per heavy atom. The summed E-state index contributed by atoms with van der Waals surface area (Å²) < 4.78 is 22.3. The molecule has 0 aliphatic rings. The van der Waals surface area contributed by atoms with Crippen LogP contribution in [0.4, 0.5) is 0 Å². The van der Waals surface area contributed by atoms with Gasteiger partial charge in [-0.05, 0) is 0 Å². The Balaban J connectivity index is 4.11. The second-order valence-corrected chi connectivity index (χ2v) is 4.35. The van der Waals surface area contributed by atoms with Crippen molar-refractivity contribution in [2.75, 3.05) is 13.1 Å². The Hall–Kier alpha value is -0.310. The van der Waals surface area contributed by atoms with Crippen LogP contribution < -0.4 is 0 Å². The molecule has 0 N–H and O–H groups in total. The quantitative estimate of drug-likeness (QED) is 0.622. The summed E-state index contributed by atoms with van der Waals surface area (Å²) in [5.41, 5.74) is 0. The standard InChI is InChI=1S/C5H9ClN2O2S/c1-2-8(5-3-4-7)11(6,9)10/h2-3,5H2,1H3. The van der Waals surface area contributed by atoms with Crippen molar-refractivity contribution < 1.29 is 8.42 Å². The first-order chi connectivity index (χ1) is 5.02. The van der Waals surface area contributed by atoms with Gasteiger partial charge in [-0.25, -0.2) is 0 Å². The van der Waals surface area contributed by atoms with Gasteiger partial charge in [0.05, 0.1) is 6.07 Å². The molecule has 4 nitrogen and oxygen atoms in total. The molecule has 0 rings (SSSR count). The Morgan fingerprint density at radius 3 is 2.45 bits per heavy atom. The highest BCUT2D eigenvalue weighted by molar-refractivity contribution is 8.11. The third-order valence-electron chi connectivity index (χ3n) is 1.13. The fraction of sp³-hybridized carbons (Fsp3) is 0.800. The van der Waals surface area contributed by atoms with Crippen molar-refractivity contribution in [1.82, 2.24) is 4.31 Å². The van der Waals surface area contributed by atoms with Crippen LogP contribution in [0.2, 0.25) is 0 Å². The summed E-state index contributed by atoms with van der Waals surface area (Å²) in [5, 5.41) is 8.16. The zero-order chi connectivity index (χ0) is 8.91. The Labute approximate surface area is 70.9 Å². The average molecular weight is 197 g/mol. The maximum absolute atomic E-state index is 10.7. The summed E-state index contributed by atoms with van der Waals surface area (Å²) in [7, 11) is 1.39. The molecule has 0 heterocycles. The number of rotatable bonds is 4. The maximum Gasteiger partial charge on any atom is 0.299 e. The Morgan fingerprint density at radius 1 is 1.64 bits per heavy atom. The highest BCUT2D eigenvalue weighted by Gasteiger charge is 2.15. The van der Waals surface area contributed by atoms with E-state index >= 15 is 0 Å². The van der Waals surface area contributed by atoms with Gasteiger partial charge >= 0.3 is 0 Å². The summed E-state index contributed by atoms with van der Waals surface area (Å²) in [6, 6.07) is 1.84. The summed E-state index contributed by atoms with van der Waals surface area (Å²) in [4.78, 5) is 0. The molecule has 11 heavy (non-hydrogen) atoms. The predicted octanol–water partition coefficient (Wildman–Crippen LogP) is 0.706. The first-order valence-corrected chi connectivity index (χ1v) is 5.35. The van der Waals surface area contributed by atoms with Crippen molar-refractivity contribution in [3.05, 3.63) is 0 Å². The number of hydrogen-bond acceptors (Lipinski definition) is 3.